The van der Waals surface area contributed by atoms with Crippen molar-refractivity contribution in [3.63, 3.8) is 0 Å². The van der Waals surface area contributed by atoms with E-state index in [2.05, 4.69) is 44.7 Å². The maximum atomic E-state index is 8.55. The highest BCUT2D eigenvalue weighted by atomic mass is 15.3. The third-order valence-electron chi connectivity index (χ3n) is 1.81. The van der Waals surface area contributed by atoms with Crippen LogP contribution in [0.5, 0.6) is 0 Å². The van der Waals surface area contributed by atoms with E-state index in [-0.39, 0.29) is 5.95 Å². The molecule has 0 radical (unpaired) electrons. The number of nitrogens with one attached hydrogen (secondary N) is 3. The summed E-state index contributed by atoms with van der Waals surface area (Å²) in [5, 5.41) is 17.0. The molecule has 17 heavy (non-hydrogen) atoms. The molecule has 0 aliphatic rings. The van der Waals surface area contributed by atoms with Gasteiger partial charge < -0.3 is 10.6 Å². The van der Waals surface area contributed by atoms with Gasteiger partial charge in [-0.1, -0.05) is 13.8 Å². The van der Waals surface area contributed by atoms with Crippen molar-refractivity contribution in [3.05, 3.63) is 0 Å². The molecule has 0 atom stereocenters. The molecular weight excluding hydrogens is 218 g/mol. The molecule has 0 aliphatic carbocycles. The normalized spacial score (nSPS) is 9.82. The Bertz CT molecular complexity index is 396. The lowest BCUT2D eigenvalue weighted by Gasteiger charge is -2.09. The van der Waals surface area contributed by atoms with Gasteiger partial charge in [-0.25, -0.2) is 0 Å². The van der Waals surface area contributed by atoms with Crippen molar-refractivity contribution in [3.8, 4) is 6.19 Å². The molecule has 0 spiro atoms. The Labute approximate surface area is 101 Å². The first kappa shape index (κ1) is 13.0. The van der Waals surface area contributed by atoms with Gasteiger partial charge in [0.25, 0.3) is 0 Å². The van der Waals surface area contributed by atoms with Gasteiger partial charge in [-0.2, -0.15) is 20.2 Å². The van der Waals surface area contributed by atoms with E-state index in [1.165, 1.54) is 0 Å². The molecule has 1 aromatic heterocycles. The van der Waals surface area contributed by atoms with Crippen LogP contribution in [0.2, 0.25) is 0 Å². The van der Waals surface area contributed by atoms with E-state index in [1.54, 1.807) is 6.19 Å². The number of rotatable bonds is 6. The van der Waals surface area contributed by atoms with Crippen molar-refractivity contribution in [2.75, 3.05) is 29.0 Å². The molecule has 0 saturated carbocycles. The summed E-state index contributed by atoms with van der Waals surface area (Å²) in [5.41, 5.74) is 0. The van der Waals surface area contributed by atoms with Crippen molar-refractivity contribution in [1.29, 1.82) is 5.26 Å². The largest absolute Gasteiger partial charge is 0.354 e. The van der Waals surface area contributed by atoms with Crippen LogP contribution in [0.1, 0.15) is 20.8 Å². The third kappa shape index (κ3) is 4.51. The number of hydrogen-bond donors (Lipinski definition) is 3. The van der Waals surface area contributed by atoms with Crippen LogP contribution in [0.3, 0.4) is 0 Å². The second-order valence-corrected chi connectivity index (χ2v) is 3.85. The standard InChI is InChI=1S/C10H17N7/c1-4-12-8-15-9(13-5-7(2)3)17-10(16-8)14-6-11/h7H,4-5H2,1-3H3,(H3,12,13,14,15,16,17). The second-order valence-electron chi connectivity index (χ2n) is 3.85. The molecule has 7 nitrogen and oxygen atoms in total. The summed E-state index contributed by atoms with van der Waals surface area (Å²) in [7, 11) is 0. The van der Waals surface area contributed by atoms with Gasteiger partial charge in [0, 0.05) is 13.1 Å². The first-order valence-corrected chi connectivity index (χ1v) is 5.54. The molecule has 0 fully saturated rings. The molecule has 1 aromatic rings. The Hall–Kier alpha value is -2.10. The molecule has 1 heterocycles. The summed E-state index contributed by atoms with van der Waals surface area (Å²) in [6, 6.07) is 0. The van der Waals surface area contributed by atoms with E-state index in [1.807, 2.05) is 6.92 Å². The molecular formula is C10H17N7. The third-order valence-corrected chi connectivity index (χ3v) is 1.81. The first-order chi connectivity index (χ1) is 8.15. The van der Waals surface area contributed by atoms with E-state index < -0.39 is 0 Å². The second kappa shape index (κ2) is 6.48. The maximum absolute atomic E-state index is 8.55. The van der Waals surface area contributed by atoms with Gasteiger partial charge in [0.2, 0.25) is 17.8 Å². The summed E-state index contributed by atoms with van der Waals surface area (Å²) >= 11 is 0. The van der Waals surface area contributed by atoms with Crippen LogP contribution in [0.4, 0.5) is 17.8 Å². The molecule has 0 aromatic carbocycles. The van der Waals surface area contributed by atoms with Crippen LogP contribution >= 0.6 is 0 Å². The molecule has 0 saturated heterocycles. The Morgan fingerprint density at radius 2 is 1.71 bits per heavy atom. The Kier molecular flexibility index (Phi) is 4.94. The zero-order chi connectivity index (χ0) is 12.7. The minimum absolute atomic E-state index is 0.240. The van der Waals surface area contributed by atoms with Crippen LogP contribution in [-0.2, 0) is 0 Å². The summed E-state index contributed by atoms with van der Waals surface area (Å²) in [4.78, 5) is 12.3. The minimum atomic E-state index is 0.240. The predicted octanol–water partition coefficient (Wildman–Crippen LogP) is 1.26. The van der Waals surface area contributed by atoms with E-state index in [0.717, 1.165) is 6.54 Å². The highest BCUT2D eigenvalue weighted by Crippen LogP contribution is 2.09. The average Bonchev–Trinajstić information content (AvgIpc) is 2.27. The summed E-state index contributed by atoms with van der Waals surface area (Å²) in [6.07, 6.45) is 1.79. The van der Waals surface area contributed by atoms with Gasteiger partial charge >= 0.3 is 0 Å². The number of nitrogens with zero attached hydrogens (tertiary/aromatic N) is 4. The van der Waals surface area contributed by atoms with Gasteiger partial charge in [0.15, 0.2) is 6.19 Å². The lowest BCUT2D eigenvalue weighted by Crippen LogP contribution is -2.14. The zero-order valence-corrected chi connectivity index (χ0v) is 10.3. The van der Waals surface area contributed by atoms with Gasteiger partial charge in [-0.15, -0.1) is 0 Å². The highest BCUT2D eigenvalue weighted by molar-refractivity contribution is 5.43. The number of hydrogen-bond acceptors (Lipinski definition) is 7. The van der Waals surface area contributed by atoms with Crippen LogP contribution in [0.15, 0.2) is 0 Å². The van der Waals surface area contributed by atoms with Crippen molar-refractivity contribution >= 4 is 17.8 Å². The van der Waals surface area contributed by atoms with Crippen molar-refractivity contribution < 1.29 is 0 Å². The van der Waals surface area contributed by atoms with Crippen molar-refractivity contribution in [2.45, 2.75) is 20.8 Å². The maximum Gasteiger partial charge on any atom is 0.242 e. The van der Waals surface area contributed by atoms with Crippen LogP contribution in [0, 0.1) is 17.4 Å². The molecule has 1 rings (SSSR count). The van der Waals surface area contributed by atoms with Crippen molar-refractivity contribution in [2.24, 2.45) is 5.92 Å². The fraction of sp³-hybridized carbons (Fsp3) is 0.600. The average molecular weight is 235 g/mol. The first-order valence-electron chi connectivity index (χ1n) is 5.54. The molecule has 0 aliphatic heterocycles. The topological polar surface area (TPSA) is 98.5 Å². The van der Waals surface area contributed by atoms with Gasteiger partial charge in [0.05, 0.1) is 0 Å². The lowest BCUT2D eigenvalue weighted by molar-refractivity contribution is 0.684. The highest BCUT2D eigenvalue weighted by Gasteiger charge is 2.05. The minimum Gasteiger partial charge on any atom is -0.354 e. The Morgan fingerprint density at radius 3 is 2.24 bits per heavy atom. The van der Waals surface area contributed by atoms with Crippen LogP contribution in [0.25, 0.3) is 0 Å². The molecule has 3 N–H and O–H groups in total. The monoisotopic (exact) mass is 235 g/mol. The predicted molar refractivity (Wildman–Crippen MR) is 66.6 cm³/mol. The van der Waals surface area contributed by atoms with E-state index >= 15 is 0 Å². The van der Waals surface area contributed by atoms with Crippen molar-refractivity contribution in [1.82, 2.24) is 15.0 Å². The molecule has 92 valence electrons. The summed E-state index contributed by atoms with van der Waals surface area (Å²) in [5.74, 6) is 1.64. The quantitative estimate of drug-likeness (QED) is 0.504. The van der Waals surface area contributed by atoms with E-state index in [9.17, 15) is 0 Å². The fourth-order valence-electron chi connectivity index (χ4n) is 1.09. The summed E-state index contributed by atoms with van der Waals surface area (Å²) in [6.45, 7) is 7.60. The van der Waals surface area contributed by atoms with Gasteiger partial charge in [0.1, 0.15) is 0 Å². The Balaban J connectivity index is 2.83. The number of nitriles is 1. The fourth-order valence-corrected chi connectivity index (χ4v) is 1.09. The molecule has 0 unspecified atom stereocenters. The smallest absolute Gasteiger partial charge is 0.242 e. The van der Waals surface area contributed by atoms with E-state index in [0.29, 0.717) is 24.4 Å². The Morgan fingerprint density at radius 1 is 1.12 bits per heavy atom. The van der Waals surface area contributed by atoms with Gasteiger partial charge in [-0.05, 0) is 12.8 Å². The summed E-state index contributed by atoms with van der Waals surface area (Å²) < 4.78 is 0. The number of aromatic nitrogens is 3. The van der Waals surface area contributed by atoms with Crippen LogP contribution in [-0.4, -0.2) is 28.0 Å². The molecule has 7 heteroatoms. The molecule has 0 amide bonds. The van der Waals surface area contributed by atoms with Gasteiger partial charge in [-0.3, -0.25) is 5.32 Å². The number of anilines is 3. The lowest BCUT2D eigenvalue weighted by atomic mass is 10.2. The zero-order valence-electron chi connectivity index (χ0n) is 10.3. The van der Waals surface area contributed by atoms with Crippen LogP contribution < -0.4 is 16.0 Å². The molecule has 0 bridgehead atoms. The SMILES string of the molecule is CCNc1nc(NC#N)nc(NCC(C)C)n1. The van der Waals surface area contributed by atoms with E-state index in [4.69, 9.17) is 5.26 Å².